The van der Waals surface area contributed by atoms with E-state index in [1.807, 2.05) is 121 Å². The number of rotatable bonds is 15. The molecule has 5 rings (SSSR count). The molecule has 2 unspecified atom stereocenters. The molecule has 5 atom stereocenters. The molecule has 1 fully saturated rings. The van der Waals surface area contributed by atoms with Crippen molar-refractivity contribution in [3.63, 3.8) is 0 Å². The van der Waals surface area contributed by atoms with Crippen LogP contribution in [-0.2, 0) is 54.9 Å². The van der Waals surface area contributed by atoms with Crippen LogP contribution in [0.3, 0.4) is 0 Å². The molecule has 1 heterocycles. The molecule has 0 radical (unpaired) electrons. The molecule has 0 N–H and O–H groups in total. The first-order valence-corrected chi connectivity index (χ1v) is 14.5. The molecular formula is C36H38O6. The van der Waals surface area contributed by atoms with E-state index in [2.05, 4.69) is 0 Å². The lowest BCUT2D eigenvalue weighted by Gasteiger charge is -2.46. The Morgan fingerprint density at radius 1 is 0.500 bits per heavy atom. The quantitative estimate of drug-likeness (QED) is 0.157. The molecule has 4 aromatic rings. The van der Waals surface area contributed by atoms with Gasteiger partial charge in [-0.3, -0.25) is 0 Å². The van der Waals surface area contributed by atoms with Crippen molar-refractivity contribution in [2.75, 3.05) is 6.61 Å². The maximum Gasteiger partial charge on any atom is 0.122 e. The van der Waals surface area contributed by atoms with E-state index in [4.69, 9.17) is 23.7 Å². The molecule has 0 bridgehead atoms. The Morgan fingerprint density at radius 2 is 0.881 bits per heavy atom. The highest BCUT2D eigenvalue weighted by Crippen LogP contribution is 2.32. The van der Waals surface area contributed by atoms with E-state index in [0.29, 0.717) is 26.4 Å². The second-order valence-corrected chi connectivity index (χ2v) is 10.4. The van der Waals surface area contributed by atoms with Gasteiger partial charge in [0.1, 0.15) is 30.7 Å². The van der Waals surface area contributed by atoms with Gasteiger partial charge in [-0.15, -0.1) is 0 Å². The second kappa shape index (κ2) is 16.1. The van der Waals surface area contributed by atoms with Gasteiger partial charge < -0.3 is 28.5 Å². The smallest absolute Gasteiger partial charge is 0.122 e. The molecule has 1 aliphatic rings. The molecule has 0 saturated carbocycles. The van der Waals surface area contributed by atoms with Gasteiger partial charge in [0.15, 0.2) is 0 Å². The lowest BCUT2D eigenvalue weighted by Crippen LogP contribution is -2.61. The van der Waals surface area contributed by atoms with Crippen LogP contribution in [0.5, 0.6) is 0 Å². The molecule has 1 saturated heterocycles. The molecule has 0 amide bonds. The molecule has 218 valence electrons. The van der Waals surface area contributed by atoms with Gasteiger partial charge in [-0.05, 0) is 22.3 Å². The zero-order chi connectivity index (χ0) is 28.8. The summed E-state index contributed by atoms with van der Waals surface area (Å²) in [6.45, 7) is 1.82. The second-order valence-electron chi connectivity index (χ2n) is 10.4. The Bertz CT molecular complexity index is 1300. The van der Waals surface area contributed by atoms with E-state index in [1.54, 1.807) is 0 Å². The Morgan fingerprint density at radius 3 is 1.31 bits per heavy atom. The molecule has 42 heavy (non-hydrogen) atoms. The summed E-state index contributed by atoms with van der Waals surface area (Å²) in [7, 11) is 0. The minimum Gasteiger partial charge on any atom is -0.374 e. The third-order valence-corrected chi connectivity index (χ3v) is 7.31. The summed E-state index contributed by atoms with van der Waals surface area (Å²) in [6.07, 6.45) is -1.50. The summed E-state index contributed by atoms with van der Waals surface area (Å²) in [5, 5.41) is 0. The lowest BCUT2D eigenvalue weighted by atomic mass is 9.92. The number of hydrogen-bond donors (Lipinski definition) is 0. The predicted molar refractivity (Wildman–Crippen MR) is 160 cm³/mol. The van der Waals surface area contributed by atoms with E-state index >= 15 is 0 Å². The number of carbonyl (C=O) groups excluding carboxylic acids is 1. The number of aldehydes is 1. The Hall–Kier alpha value is -3.65. The van der Waals surface area contributed by atoms with E-state index in [1.165, 1.54) is 0 Å². The van der Waals surface area contributed by atoms with Crippen LogP contribution < -0.4 is 0 Å². The van der Waals surface area contributed by atoms with Crippen LogP contribution in [0.2, 0.25) is 0 Å². The summed E-state index contributed by atoms with van der Waals surface area (Å²) >= 11 is 0. The van der Waals surface area contributed by atoms with Crippen LogP contribution in [0.25, 0.3) is 0 Å². The van der Waals surface area contributed by atoms with Crippen LogP contribution in [0.4, 0.5) is 0 Å². The fraction of sp³-hybridized carbons (Fsp3) is 0.306. The standard InChI is InChI=1S/C36H38O6/c37-22-21-32-34(39-24-29-15-7-2-8-16-29)36(41-26-31-19-11-4-12-20-31)35(40-25-30-17-9-3-10-18-30)33(42-32)27-38-23-28-13-5-1-6-14-28/h1-20,22,32-36H,21,23-27H2/t32-,33?,34?,35-,36+/m0/s1. The van der Waals surface area contributed by atoms with Crippen molar-refractivity contribution in [1.82, 2.24) is 0 Å². The Kier molecular flexibility index (Phi) is 11.4. The van der Waals surface area contributed by atoms with Gasteiger partial charge in [-0.1, -0.05) is 121 Å². The molecule has 4 aromatic carbocycles. The summed E-state index contributed by atoms with van der Waals surface area (Å²) in [6, 6.07) is 40.0. The summed E-state index contributed by atoms with van der Waals surface area (Å²) in [5.41, 5.74) is 4.18. The molecular weight excluding hydrogens is 528 g/mol. The van der Waals surface area contributed by atoms with Crippen LogP contribution >= 0.6 is 0 Å². The normalized spacial score (nSPS) is 22.0. The molecule has 1 aliphatic heterocycles. The zero-order valence-electron chi connectivity index (χ0n) is 23.7. The van der Waals surface area contributed by atoms with Crippen LogP contribution in [-0.4, -0.2) is 43.4 Å². The Labute approximate surface area is 248 Å². The van der Waals surface area contributed by atoms with Crippen molar-refractivity contribution >= 4 is 6.29 Å². The average molecular weight is 567 g/mol. The third kappa shape index (κ3) is 8.68. The molecule has 0 aliphatic carbocycles. The van der Waals surface area contributed by atoms with Gasteiger partial charge in [0.25, 0.3) is 0 Å². The Balaban J connectivity index is 1.40. The van der Waals surface area contributed by atoms with E-state index < -0.39 is 30.5 Å². The summed E-state index contributed by atoms with van der Waals surface area (Å²) < 4.78 is 32.5. The third-order valence-electron chi connectivity index (χ3n) is 7.31. The molecule has 0 spiro atoms. The van der Waals surface area contributed by atoms with Crippen molar-refractivity contribution in [2.45, 2.75) is 63.4 Å². The molecule has 6 heteroatoms. The maximum atomic E-state index is 11.8. The molecule has 6 nitrogen and oxygen atoms in total. The van der Waals surface area contributed by atoms with E-state index in [-0.39, 0.29) is 13.0 Å². The van der Waals surface area contributed by atoms with Gasteiger partial charge >= 0.3 is 0 Å². The highest BCUT2D eigenvalue weighted by Gasteiger charge is 2.48. The van der Waals surface area contributed by atoms with Gasteiger partial charge in [-0.2, -0.15) is 0 Å². The minimum atomic E-state index is -0.537. The lowest BCUT2D eigenvalue weighted by molar-refractivity contribution is -0.272. The number of benzene rings is 4. The highest BCUT2D eigenvalue weighted by atomic mass is 16.6. The minimum absolute atomic E-state index is 0.172. The SMILES string of the molecule is O=CC[C@@H]1OC(COCc2ccccc2)[C@H](OCc2ccccc2)[C@H](OCc2ccccc2)C1OCc1ccccc1. The van der Waals surface area contributed by atoms with E-state index in [0.717, 1.165) is 28.5 Å². The van der Waals surface area contributed by atoms with Crippen molar-refractivity contribution in [3.05, 3.63) is 144 Å². The number of hydrogen-bond acceptors (Lipinski definition) is 6. The van der Waals surface area contributed by atoms with E-state index in [9.17, 15) is 4.79 Å². The highest BCUT2D eigenvalue weighted by molar-refractivity contribution is 5.50. The van der Waals surface area contributed by atoms with Crippen molar-refractivity contribution in [1.29, 1.82) is 0 Å². The monoisotopic (exact) mass is 566 g/mol. The maximum absolute atomic E-state index is 11.8. The average Bonchev–Trinajstić information content (AvgIpc) is 3.05. The van der Waals surface area contributed by atoms with Crippen molar-refractivity contribution in [3.8, 4) is 0 Å². The first-order chi connectivity index (χ1) is 20.8. The van der Waals surface area contributed by atoms with Gasteiger partial charge in [0, 0.05) is 6.42 Å². The number of ether oxygens (including phenoxy) is 5. The van der Waals surface area contributed by atoms with Gasteiger partial charge in [0.05, 0.1) is 39.1 Å². The van der Waals surface area contributed by atoms with Crippen molar-refractivity contribution in [2.24, 2.45) is 0 Å². The first kappa shape index (κ1) is 29.8. The number of carbonyl (C=O) groups is 1. The van der Waals surface area contributed by atoms with Gasteiger partial charge in [0.2, 0.25) is 0 Å². The van der Waals surface area contributed by atoms with Crippen LogP contribution in [0, 0.1) is 0 Å². The first-order valence-electron chi connectivity index (χ1n) is 14.5. The largest absolute Gasteiger partial charge is 0.374 e. The van der Waals surface area contributed by atoms with Crippen LogP contribution in [0.15, 0.2) is 121 Å². The molecule has 0 aromatic heterocycles. The fourth-order valence-electron chi connectivity index (χ4n) is 5.17. The van der Waals surface area contributed by atoms with Crippen molar-refractivity contribution < 1.29 is 28.5 Å². The zero-order valence-corrected chi connectivity index (χ0v) is 23.7. The predicted octanol–water partition coefficient (Wildman–Crippen LogP) is 6.32. The van der Waals surface area contributed by atoms with Crippen LogP contribution in [0.1, 0.15) is 28.7 Å². The summed E-state index contributed by atoms with van der Waals surface area (Å²) in [4.78, 5) is 11.8. The topological polar surface area (TPSA) is 63.2 Å². The fourth-order valence-corrected chi connectivity index (χ4v) is 5.17. The summed E-state index contributed by atoms with van der Waals surface area (Å²) in [5.74, 6) is 0. The van der Waals surface area contributed by atoms with Gasteiger partial charge in [-0.25, -0.2) is 0 Å².